The molecule has 3 nitrogen and oxygen atoms in total. The van der Waals surface area contributed by atoms with E-state index in [0.717, 1.165) is 26.1 Å². The van der Waals surface area contributed by atoms with Crippen molar-refractivity contribution in [3.8, 4) is 0 Å². The number of hydrogen-bond acceptors (Lipinski definition) is 3. The molecule has 4 heteroatoms. The van der Waals surface area contributed by atoms with Gasteiger partial charge in [0.05, 0.1) is 0 Å². The first kappa shape index (κ1) is 59.5. The Morgan fingerprint density at radius 3 is 0.614 bits per heavy atom. The maximum Gasteiger partial charge on any atom is 1.00 e. The second-order valence-corrected chi connectivity index (χ2v) is 18.4. The van der Waals surface area contributed by atoms with Crippen molar-refractivity contribution in [3.63, 3.8) is 0 Å². The van der Waals surface area contributed by atoms with E-state index in [2.05, 4.69) is 6.92 Å². The molecule has 57 heavy (non-hydrogen) atoms. The summed E-state index contributed by atoms with van der Waals surface area (Å²) in [6, 6.07) is 0. The number of carbonyl (C=O) groups is 1. The molecule has 0 bridgehead atoms. The van der Waals surface area contributed by atoms with Gasteiger partial charge in [-0.05, 0) is 25.7 Å². The molecule has 0 aliphatic heterocycles. The Hall–Kier alpha value is 0.430. The van der Waals surface area contributed by atoms with Gasteiger partial charge in [0.1, 0.15) is 0 Å². The van der Waals surface area contributed by atoms with Gasteiger partial charge in [-0.25, -0.2) is 0 Å². The summed E-state index contributed by atoms with van der Waals surface area (Å²) in [5, 5.41) is 10.4. The molecule has 0 spiro atoms. The van der Waals surface area contributed by atoms with Crippen LogP contribution in [0.5, 0.6) is 0 Å². The molecule has 0 aliphatic carbocycles. The standard InChI is InChI=1S/C53H106O3.Na/c1-2-3-4-5-6-7-8-9-10-11-12-13-14-15-16-17-18-19-21-24-27-30-33-36-39-42-45-48-51-56-52-49-46-43-40-37-34-31-28-25-22-20-23-26-29-32-35-38-41-44-47-50-53(54)55;/h2-52H2,1H3,(H,54,55);/q;+1/p-1. The second kappa shape index (κ2) is 56.4. The molecule has 0 saturated carbocycles. The van der Waals surface area contributed by atoms with Crippen LogP contribution in [0.2, 0.25) is 0 Å². The summed E-state index contributed by atoms with van der Waals surface area (Å²) in [6.45, 7) is 4.27. The van der Waals surface area contributed by atoms with E-state index in [0.29, 0.717) is 0 Å². The maximum absolute atomic E-state index is 10.4. The minimum absolute atomic E-state index is 0. The quantitative estimate of drug-likeness (QED) is 0.0454. The van der Waals surface area contributed by atoms with Gasteiger partial charge in [-0.2, -0.15) is 0 Å². The summed E-state index contributed by atoms with van der Waals surface area (Å²) >= 11 is 0. The van der Waals surface area contributed by atoms with Gasteiger partial charge >= 0.3 is 29.6 Å². The largest absolute Gasteiger partial charge is 1.00 e. The van der Waals surface area contributed by atoms with E-state index < -0.39 is 5.97 Å². The van der Waals surface area contributed by atoms with Gasteiger partial charge in [0.25, 0.3) is 0 Å². The van der Waals surface area contributed by atoms with Gasteiger partial charge in [0.2, 0.25) is 0 Å². The molecule has 0 amide bonds. The molecule has 0 heterocycles. The fourth-order valence-corrected chi connectivity index (χ4v) is 8.63. The number of ether oxygens (including phenoxy) is 1. The number of carboxylic acid groups (broad SMARTS) is 1. The second-order valence-electron chi connectivity index (χ2n) is 18.4. The van der Waals surface area contributed by atoms with Crippen LogP contribution in [0.25, 0.3) is 0 Å². The molecule has 0 saturated heterocycles. The van der Waals surface area contributed by atoms with Crippen LogP contribution in [0.4, 0.5) is 0 Å². The zero-order valence-electron chi connectivity index (χ0n) is 39.8. The van der Waals surface area contributed by atoms with Gasteiger partial charge in [-0.1, -0.05) is 296 Å². The van der Waals surface area contributed by atoms with Crippen molar-refractivity contribution in [1.29, 1.82) is 0 Å². The van der Waals surface area contributed by atoms with Crippen LogP contribution < -0.4 is 34.7 Å². The number of hydrogen-bond donors (Lipinski definition) is 0. The molecule has 0 N–H and O–H groups in total. The Balaban J connectivity index is 0. The summed E-state index contributed by atoms with van der Waals surface area (Å²) in [5.74, 6) is -0.899. The average molecular weight is 813 g/mol. The fourth-order valence-electron chi connectivity index (χ4n) is 8.63. The minimum atomic E-state index is -0.899. The number of carboxylic acids is 1. The van der Waals surface area contributed by atoms with Gasteiger partial charge in [-0.15, -0.1) is 0 Å². The number of aliphatic carboxylic acids is 1. The van der Waals surface area contributed by atoms with Gasteiger partial charge < -0.3 is 14.6 Å². The van der Waals surface area contributed by atoms with E-state index in [1.54, 1.807) is 0 Å². The molecule has 0 aromatic carbocycles. The van der Waals surface area contributed by atoms with Gasteiger partial charge in [0.15, 0.2) is 0 Å². The first-order chi connectivity index (χ1) is 27.8. The van der Waals surface area contributed by atoms with E-state index >= 15 is 0 Å². The van der Waals surface area contributed by atoms with Crippen LogP contribution >= 0.6 is 0 Å². The van der Waals surface area contributed by atoms with E-state index in [1.165, 1.54) is 295 Å². The molecular weight excluding hydrogens is 708 g/mol. The Morgan fingerprint density at radius 2 is 0.439 bits per heavy atom. The third-order valence-electron chi connectivity index (χ3n) is 12.6. The number of unbranched alkanes of at least 4 members (excludes halogenated alkanes) is 46. The van der Waals surface area contributed by atoms with Crippen LogP contribution in [0.15, 0.2) is 0 Å². The zero-order chi connectivity index (χ0) is 40.3. The van der Waals surface area contributed by atoms with Crippen LogP contribution in [-0.4, -0.2) is 19.2 Å². The van der Waals surface area contributed by atoms with Gasteiger partial charge in [-0.3, -0.25) is 0 Å². The average Bonchev–Trinajstić information content (AvgIpc) is 3.20. The summed E-state index contributed by atoms with van der Waals surface area (Å²) in [5.41, 5.74) is 0. The molecular formula is C53H105NaO3. The molecule has 336 valence electrons. The monoisotopic (exact) mass is 813 g/mol. The topological polar surface area (TPSA) is 49.4 Å². The normalized spacial score (nSPS) is 11.4. The van der Waals surface area contributed by atoms with Crippen molar-refractivity contribution in [1.82, 2.24) is 0 Å². The Bertz CT molecular complexity index is 700. The van der Waals surface area contributed by atoms with Crippen LogP contribution in [0.1, 0.15) is 322 Å². The third kappa shape index (κ3) is 58.6. The van der Waals surface area contributed by atoms with E-state index in [-0.39, 0.29) is 36.0 Å². The summed E-state index contributed by atoms with van der Waals surface area (Å²) in [4.78, 5) is 10.4. The summed E-state index contributed by atoms with van der Waals surface area (Å²) in [6.07, 6.45) is 67.6. The Kier molecular flexibility index (Phi) is 58.9. The fraction of sp³-hybridized carbons (Fsp3) is 0.981. The molecule has 0 aliphatic rings. The SMILES string of the molecule is CCCCCCCCCCCCCCCCCCCCCCCCCCCCCCOCCCCCCCCCCCCCCCCCCCCCCC(=O)[O-].[Na+]. The molecule has 0 aromatic rings. The van der Waals surface area contributed by atoms with Crippen LogP contribution in [-0.2, 0) is 9.53 Å². The molecule has 0 aromatic heterocycles. The van der Waals surface area contributed by atoms with E-state index in [1.807, 2.05) is 0 Å². The third-order valence-corrected chi connectivity index (χ3v) is 12.6. The Morgan fingerprint density at radius 1 is 0.281 bits per heavy atom. The molecule has 0 atom stereocenters. The van der Waals surface area contributed by atoms with Crippen molar-refractivity contribution in [3.05, 3.63) is 0 Å². The maximum atomic E-state index is 10.4. The zero-order valence-corrected chi connectivity index (χ0v) is 41.8. The predicted octanol–water partition coefficient (Wildman–Crippen LogP) is 14.9. The summed E-state index contributed by atoms with van der Waals surface area (Å²) < 4.78 is 5.92. The van der Waals surface area contributed by atoms with Crippen molar-refractivity contribution in [2.75, 3.05) is 13.2 Å². The minimum Gasteiger partial charge on any atom is -0.550 e. The molecule has 0 radical (unpaired) electrons. The molecule has 0 rings (SSSR count). The van der Waals surface area contributed by atoms with Crippen LogP contribution in [0, 0.1) is 0 Å². The smallest absolute Gasteiger partial charge is 0.550 e. The first-order valence-corrected chi connectivity index (χ1v) is 26.5. The van der Waals surface area contributed by atoms with E-state index in [4.69, 9.17) is 4.74 Å². The number of carbonyl (C=O) groups excluding carboxylic acids is 1. The van der Waals surface area contributed by atoms with Crippen molar-refractivity contribution < 1.29 is 44.2 Å². The molecule has 0 fully saturated rings. The Labute approximate surface area is 382 Å². The first-order valence-electron chi connectivity index (χ1n) is 26.5. The van der Waals surface area contributed by atoms with Crippen molar-refractivity contribution >= 4 is 5.97 Å². The molecule has 0 unspecified atom stereocenters. The summed E-state index contributed by atoms with van der Waals surface area (Å²) in [7, 11) is 0. The predicted molar refractivity (Wildman–Crippen MR) is 248 cm³/mol. The van der Waals surface area contributed by atoms with Crippen LogP contribution in [0.3, 0.4) is 0 Å². The van der Waals surface area contributed by atoms with E-state index in [9.17, 15) is 9.90 Å². The van der Waals surface area contributed by atoms with Gasteiger partial charge in [0, 0.05) is 19.2 Å². The number of rotatable bonds is 52. The van der Waals surface area contributed by atoms with Crippen molar-refractivity contribution in [2.24, 2.45) is 0 Å². The van der Waals surface area contributed by atoms with Crippen molar-refractivity contribution in [2.45, 2.75) is 322 Å².